The summed E-state index contributed by atoms with van der Waals surface area (Å²) in [5.41, 5.74) is 2.80. The molecule has 1 aromatic heterocycles. The SMILES string of the molecule is CCC(c1ccccc1)c1cc(C(=O)CC2[C@H]3COC[C@@H]23)cc(C(=O)NC)n1. The number of benzene rings is 1. The summed E-state index contributed by atoms with van der Waals surface area (Å²) in [5, 5.41) is 2.63. The normalized spacial score (nSPS) is 23.7. The van der Waals surface area contributed by atoms with Gasteiger partial charge in [-0.05, 0) is 41.9 Å². The van der Waals surface area contributed by atoms with Gasteiger partial charge in [0.25, 0.3) is 5.91 Å². The Kier molecular flexibility index (Phi) is 5.27. The first-order chi connectivity index (χ1) is 13.6. The number of ether oxygens (including phenoxy) is 1. The molecule has 1 aliphatic carbocycles. The molecule has 4 atom stereocenters. The Labute approximate surface area is 165 Å². The molecule has 1 N–H and O–H groups in total. The molecule has 0 radical (unpaired) electrons. The molecule has 2 unspecified atom stereocenters. The van der Waals surface area contributed by atoms with Gasteiger partial charge in [0.2, 0.25) is 0 Å². The molecule has 2 aromatic rings. The molecule has 1 aromatic carbocycles. The van der Waals surface area contributed by atoms with Crippen molar-refractivity contribution in [2.24, 2.45) is 17.8 Å². The van der Waals surface area contributed by atoms with Crippen LogP contribution in [0.4, 0.5) is 0 Å². The quantitative estimate of drug-likeness (QED) is 0.750. The minimum Gasteiger partial charge on any atom is -0.381 e. The van der Waals surface area contributed by atoms with Crippen molar-refractivity contribution in [1.82, 2.24) is 10.3 Å². The van der Waals surface area contributed by atoms with Gasteiger partial charge >= 0.3 is 0 Å². The highest BCUT2D eigenvalue weighted by Gasteiger charge is 2.54. The third-order valence-electron chi connectivity index (χ3n) is 6.14. The molecule has 1 saturated carbocycles. The molecule has 146 valence electrons. The van der Waals surface area contributed by atoms with E-state index in [2.05, 4.69) is 29.4 Å². The molecular weight excluding hydrogens is 352 g/mol. The van der Waals surface area contributed by atoms with Crippen molar-refractivity contribution in [2.45, 2.75) is 25.7 Å². The van der Waals surface area contributed by atoms with Crippen LogP contribution in [-0.4, -0.2) is 36.9 Å². The third-order valence-corrected chi connectivity index (χ3v) is 6.14. The van der Waals surface area contributed by atoms with Gasteiger partial charge in [-0.25, -0.2) is 4.98 Å². The van der Waals surface area contributed by atoms with Crippen molar-refractivity contribution in [1.29, 1.82) is 0 Å². The molecule has 28 heavy (non-hydrogen) atoms. The van der Waals surface area contributed by atoms with Crippen LogP contribution in [0.2, 0.25) is 0 Å². The fraction of sp³-hybridized carbons (Fsp3) is 0.435. The molecule has 2 aliphatic rings. The first-order valence-corrected chi connectivity index (χ1v) is 10.0. The molecule has 4 rings (SSSR count). The maximum atomic E-state index is 13.0. The number of Topliss-reactive ketones (excluding diaryl/α,β-unsaturated/α-hetero) is 1. The summed E-state index contributed by atoms with van der Waals surface area (Å²) in [6.07, 6.45) is 1.36. The highest BCUT2D eigenvalue weighted by molar-refractivity contribution is 6.00. The first-order valence-electron chi connectivity index (χ1n) is 10.0. The molecule has 1 amide bonds. The number of carbonyl (C=O) groups is 2. The van der Waals surface area contributed by atoms with Crippen LogP contribution in [0.1, 0.15) is 57.8 Å². The van der Waals surface area contributed by atoms with Gasteiger partial charge in [0, 0.05) is 30.6 Å². The summed E-state index contributed by atoms with van der Waals surface area (Å²) in [6, 6.07) is 13.6. The fourth-order valence-electron chi connectivity index (χ4n) is 4.43. The predicted octanol–water partition coefficient (Wildman–Crippen LogP) is 3.45. The van der Waals surface area contributed by atoms with E-state index in [-0.39, 0.29) is 17.6 Å². The van der Waals surface area contributed by atoms with E-state index >= 15 is 0 Å². The average molecular weight is 378 g/mol. The number of hydrogen-bond donors (Lipinski definition) is 1. The minimum absolute atomic E-state index is 0.0473. The zero-order chi connectivity index (χ0) is 19.7. The van der Waals surface area contributed by atoms with E-state index in [1.807, 2.05) is 24.3 Å². The average Bonchev–Trinajstić information content (AvgIpc) is 3.14. The summed E-state index contributed by atoms with van der Waals surface area (Å²) in [7, 11) is 1.58. The molecule has 2 heterocycles. The molecule has 5 heteroatoms. The van der Waals surface area contributed by atoms with E-state index in [0.717, 1.165) is 30.9 Å². The van der Waals surface area contributed by atoms with Gasteiger partial charge in [0.15, 0.2) is 5.78 Å². The molecule has 2 fully saturated rings. The number of amides is 1. The predicted molar refractivity (Wildman–Crippen MR) is 106 cm³/mol. The zero-order valence-electron chi connectivity index (χ0n) is 16.4. The number of fused-ring (bicyclic) bond motifs is 1. The Hall–Kier alpha value is -2.53. The number of aromatic nitrogens is 1. The van der Waals surface area contributed by atoms with Crippen molar-refractivity contribution >= 4 is 11.7 Å². The zero-order valence-corrected chi connectivity index (χ0v) is 16.4. The van der Waals surface area contributed by atoms with Crippen molar-refractivity contribution in [3.05, 3.63) is 65.0 Å². The number of nitrogens with one attached hydrogen (secondary N) is 1. The molecular formula is C23H26N2O3. The van der Waals surface area contributed by atoms with Gasteiger partial charge < -0.3 is 10.1 Å². The Morgan fingerprint density at radius 1 is 1.18 bits per heavy atom. The largest absolute Gasteiger partial charge is 0.381 e. The van der Waals surface area contributed by atoms with Crippen LogP contribution in [0.5, 0.6) is 0 Å². The summed E-state index contributed by atoms with van der Waals surface area (Å²) in [4.78, 5) is 29.9. The lowest BCUT2D eigenvalue weighted by atomic mass is 9.91. The lowest BCUT2D eigenvalue weighted by molar-refractivity contribution is 0.0950. The molecule has 0 bridgehead atoms. The first kappa shape index (κ1) is 18.8. The Morgan fingerprint density at radius 3 is 2.54 bits per heavy atom. The van der Waals surface area contributed by atoms with Crippen molar-refractivity contribution in [2.75, 3.05) is 20.3 Å². The maximum absolute atomic E-state index is 13.0. The number of rotatable bonds is 7. The summed E-state index contributed by atoms with van der Waals surface area (Å²) < 4.78 is 5.43. The summed E-state index contributed by atoms with van der Waals surface area (Å²) in [5.74, 6) is 1.38. The van der Waals surface area contributed by atoms with Crippen molar-refractivity contribution in [3.8, 4) is 0 Å². The van der Waals surface area contributed by atoms with E-state index in [1.54, 1.807) is 13.1 Å². The molecule has 1 saturated heterocycles. The van der Waals surface area contributed by atoms with Crippen LogP contribution in [-0.2, 0) is 4.74 Å². The Balaban J connectivity index is 1.65. The van der Waals surface area contributed by atoms with E-state index in [1.165, 1.54) is 0 Å². The van der Waals surface area contributed by atoms with Crippen molar-refractivity contribution < 1.29 is 14.3 Å². The van der Waals surface area contributed by atoms with Crippen molar-refractivity contribution in [3.63, 3.8) is 0 Å². The van der Waals surface area contributed by atoms with Gasteiger partial charge in [-0.2, -0.15) is 0 Å². The van der Waals surface area contributed by atoms with Gasteiger partial charge in [-0.15, -0.1) is 0 Å². The lowest BCUT2D eigenvalue weighted by Crippen LogP contribution is -2.21. The van der Waals surface area contributed by atoms with Gasteiger partial charge in [-0.3, -0.25) is 9.59 Å². The van der Waals surface area contributed by atoms with Crippen LogP contribution in [0.25, 0.3) is 0 Å². The Morgan fingerprint density at radius 2 is 1.89 bits per heavy atom. The molecule has 5 nitrogen and oxygen atoms in total. The second-order valence-electron chi connectivity index (χ2n) is 7.77. The van der Waals surface area contributed by atoms with Crippen LogP contribution >= 0.6 is 0 Å². The molecule has 1 aliphatic heterocycles. The summed E-state index contributed by atoms with van der Waals surface area (Å²) in [6.45, 7) is 3.65. The Bertz CT molecular complexity index is 871. The smallest absolute Gasteiger partial charge is 0.269 e. The van der Waals surface area contributed by atoms with E-state index in [4.69, 9.17) is 4.74 Å². The number of ketones is 1. The number of hydrogen-bond acceptors (Lipinski definition) is 4. The van der Waals surface area contributed by atoms with E-state index < -0.39 is 0 Å². The van der Waals surface area contributed by atoms with E-state index in [0.29, 0.717) is 35.4 Å². The number of carbonyl (C=O) groups excluding carboxylic acids is 2. The monoisotopic (exact) mass is 378 g/mol. The lowest BCUT2D eigenvalue weighted by Gasteiger charge is -2.17. The second kappa shape index (κ2) is 7.84. The second-order valence-corrected chi connectivity index (χ2v) is 7.77. The van der Waals surface area contributed by atoms with Crippen LogP contribution in [0.15, 0.2) is 42.5 Å². The number of nitrogens with zero attached hydrogens (tertiary/aromatic N) is 1. The fourth-order valence-corrected chi connectivity index (χ4v) is 4.43. The van der Waals surface area contributed by atoms with Crippen LogP contribution in [0.3, 0.4) is 0 Å². The highest BCUT2D eigenvalue weighted by atomic mass is 16.5. The van der Waals surface area contributed by atoms with Gasteiger partial charge in [0.05, 0.1) is 13.2 Å². The topological polar surface area (TPSA) is 68.3 Å². The number of pyridine rings is 1. The third kappa shape index (κ3) is 3.59. The maximum Gasteiger partial charge on any atom is 0.269 e. The van der Waals surface area contributed by atoms with Gasteiger partial charge in [-0.1, -0.05) is 37.3 Å². The van der Waals surface area contributed by atoms with Crippen LogP contribution in [0, 0.1) is 17.8 Å². The van der Waals surface area contributed by atoms with Crippen LogP contribution < -0.4 is 5.32 Å². The molecule has 0 spiro atoms. The van der Waals surface area contributed by atoms with Gasteiger partial charge in [0.1, 0.15) is 5.69 Å². The standard InChI is InChI=1S/C23H26N2O3/c1-3-16(14-7-5-4-6-8-14)20-9-15(10-21(25-20)23(27)24-2)22(26)11-17-18-12-28-13-19(17)18/h4-10,16-19H,3,11-13H2,1-2H3,(H,24,27)/t16?,17?,18-,19+. The highest BCUT2D eigenvalue weighted by Crippen LogP contribution is 2.53. The van der Waals surface area contributed by atoms with E-state index in [9.17, 15) is 9.59 Å². The minimum atomic E-state index is -0.268. The summed E-state index contributed by atoms with van der Waals surface area (Å²) >= 11 is 0.